The average molecular weight is 745 g/mol. The molecule has 0 bridgehead atoms. The molecule has 0 radical (unpaired) electrons. The summed E-state index contributed by atoms with van der Waals surface area (Å²) in [7, 11) is -11.3. The third kappa shape index (κ3) is 7.34. The van der Waals surface area contributed by atoms with Gasteiger partial charge in [0.1, 0.15) is 4.90 Å². The zero-order valence-corrected chi connectivity index (χ0v) is 30.8. The molecule has 6 aromatic rings. The number of nitrogens with zero attached hydrogens (tertiary/aromatic N) is 3. The molecule has 0 fully saturated rings. The van der Waals surface area contributed by atoms with Gasteiger partial charge in [0.2, 0.25) is 6.20 Å². The Balaban J connectivity index is 1.57. The highest BCUT2D eigenvalue weighted by Gasteiger charge is 2.35. The van der Waals surface area contributed by atoms with Gasteiger partial charge in [-0.25, -0.2) is 16.8 Å². The molecular formula is C37H34N3O8S3+. The Morgan fingerprint density at radius 3 is 2.14 bits per heavy atom. The third-order valence-corrected chi connectivity index (χ3v) is 13.0. The van der Waals surface area contributed by atoms with E-state index in [1.807, 2.05) is 24.3 Å². The zero-order chi connectivity index (χ0) is 36.8. The molecular weight excluding hydrogens is 711 g/mol. The Kier molecular flexibility index (Phi) is 9.21. The largest absolute Gasteiger partial charge is 0.396 e. The van der Waals surface area contributed by atoms with Crippen LogP contribution in [0.15, 0.2) is 124 Å². The molecule has 4 aromatic carbocycles. The van der Waals surface area contributed by atoms with E-state index in [2.05, 4.69) is 10.1 Å². The summed E-state index contributed by atoms with van der Waals surface area (Å²) in [4.78, 5) is 4.53. The molecule has 6 rings (SSSR count). The van der Waals surface area contributed by atoms with Gasteiger partial charge < -0.3 is 4.52 Å². The van der Waals surface area contributed by atoms with E-state index in [1.165, 1.54) is 41.4 Å². The lowest BCUT2D eigenvalue weighted by atomic mass is 9.92. The lowest BCUT2D eigenvalue weighted by Crippen LogP contribution is -2.46. The van der Waals surface area contributed by atoms with Gasteiger partial charge in [0, 0.05) is 28.9 Å². The van der Waals surface area contributed by atoms with Crippen molar-refractivity contribution in [3.63, 3.8) is 0 Å². The first-order valence-electron chi connectivity index (χ1n) is 15.6. The Morgan fingerprint density at radius 1 is 0.804 bits per heavy atom. The van der Waals surface area contributed by atoms with E-state index in [1.54, 1.807) is 81.4 Å². The summed E-state index contributed by atoms with van der Waals surface area (Å²) in [5.74, 6) is 0.619. The fourth-order valence-corrected chi connectivity index (χ4v) is 7.52. The predicted molar refractivity (Wildman–Crippen MR) is 193 cm³/mol. The van der Waals surface area contributed by atoms with E-state index in [0.717, 1.165) is 6.26 Å². The number of hydrogen-bond acceptors (Lipinski definition) is 10. The Hall–Kier alpha value is -5.18. The summed E-state index contributed by atoms with van der Waals surface area (Å²) in [5, 5.41) is 4.48. The second kappa shape index (κ2) is 13.2. The van der Waals surface area contributed by atoms with Crippen LogP contribution in [-0.2, 0) is 34.5 Å². The monoisotopic (exact) mass is 744 g/mol. The summed E-state index contributed by atoms with van der Waals surface area (Å²) >= 11 is 0. The Morgan fingerprint density at radius 2 is 1.51 bits per heavy atom. The van der Waals surface area contributed by atoms with Crippen molar-refractivity contribution in [1.29, 1.82) is 0 Å². The topological polar surface area (TPSA) is 154 Å². The molecule has 0 unspecified atom stereocenters. The number of aromatic nitrogens is 3. The van der Waals surface area contributed by atoms with Crippen LogP contribution >= 0.6 is 0 Å². The van der Waals surface area contributed by atoms with Crippen molar-refractivity contribution in [2.75, 3.05) is 12.5 Å². The quantitative estimate of drug-likeness (QED) is 0.128. The number of sulfone groups is 2. The van der Waals surface area contributed by atoms with Gasteiger partial charge >= 0.3 is 10.1 Å². The minimum absolute atomic E-state index is 0.0358. The van der Waals surface area contributed by atoms with Gasteiger partial charge in [-0.15, -0.1) is 4.28 Å². The first kappa shape index (κ1) is 35.6. The van der Waals surface area contributed by atoms with Crippen molar-refractivity contribution in [3.8, 4) is 11.1 Å². The number of benzene rings is 4. The van der Waals surface area contributed by atoms with Crippen LogP contribution < -0.4 is 9.01 Å². The van der Waals surface area contributed by atoms with Gasteiger partial charge in [-0.3, -0.25) is 0 Å². The molecule has 11 nitrogen and oxygen atoms in total. The number of aryl methyl sites for hydroxylation is 1. The number of fused-ring (bicyclic) bond motifs is 1. The minimum atomic E-state index is -4.26. The fraction of sp³-hybridized carbons (Fsp3) is 0.162. The molecule has 0 N–H and O–H groups in total. The van der Waals surface area contributed by atoms with Gasteiger partial charge in [0.25, 0.3) is 11.4 Å². The lowest BCUT2D eigenvalue weighted by Gasteiger charge is -2.24. The van der Waals surface area contributed by atoms with Crippen LogP contribution in [0.1, 0.15) is 42.3 Å². The van der Waals surface area contributed by atoms with E-state index < -0.39 is 34.5 Å². The first-order chi connectivity index (χ1) is 23.9. The van der Waals surface area contributed by atoms with Crippen LogP contribution in [0.4, 0.5) is 0 Å². The summed E-state index contributed by atoms with van der Waals surface area (Å²) in [6.45, 7) is 4.92. The van der Waals surface area contributed by atoms with Gasteiger partial charge in [-0.2, -0.15) is 13.4 Å². The normalized spacial score (nSPS) is 13.0. The average Bonchev–Trinajstić information content (AvgIpc) is 3.52. The standard InChI is InChI=1S/C37H34N3O8S3/c1-25-38-36(47-39-25)34(27-16-18-31(19-17-27)49(4,41)42)22-26-11-9-12-28(21-26)33-24-30(37(2,3)50(5,43)44)23-29-13-10-20-40(35(29)33)48-51(45,46)32-14-7-6-8-15-32/h6-24H,1-5H3/q+1. The summed E-state index contributed by atoms with van der Waals surface area (Å²) in [6, 6.07) is 28.2. The number of pyridine rings is 1. The van der Waals surface area contributed by atoms with E-state index >= 15 is 0 Å². The molecule has 262 valence electrons. The van der Waals surface area contributed by atoms with Gasteiger partial charge in [-0.1, -0.05) is 53.7 Å². The molecule has 2 heterocycles. The lowest BCUT2D eigenvalue weighted by molar-refractivity contribution is -0.834. The molecule has 0 saturated heterocycles. The molecule has 51 heavy (non-hydrogen) atoms. The summed E-state index contributed by atoms with van der Waals surface area (Å²) in [6.07, 6.45) is 5.59. The van der Waals surface area contributed by atoms with E-state index in [9.17, 15) is 25.3 Å². The summed E-state index contributed by atoms with van der Waals surface area (Å²) in [5.41, 5.74) is 3.82. The Labute approximate surface area is 296 Å². The van der Waals surface area contributed by atoms with Crippen molar-refractivity contribution in [1.82, 2.24) is 10.1 Å². The molecule has 0 aliphatic rings. The van der Waals surface area contributed by atoms with Crippen LogP contribution in [0.5, 0.6) is 0 Å². The summed E-state index contributed by atoms with van der Waals surface area (Å²) < 4.78 is 88.1. The van der Waals surface area contributed by atoms with Crippen molar-refractivity contribution >= 4 is 52.3 Å². The van der Waals surface area contributed by atoms with Gasteiger partial charge in [-0.05, 0) is 97.6 Å². The van der Waals surface area contributed by atoms with Gasteiger partial charge in [0.15, 0.2) is 25.5 Å². The van der Waals surface area contributed by atoms with Crippen LogP contribution in [0.2, 0.25) is 0 Å². The van der Waals surface area contributed by atoms with E-state index in [-0.39, 0.29) is 15.7 Å². The number of hydrogen-bond donors (Lipinski definition) is 0. The molecule has 0 aliphatic heterocycles. The fourth-order valence-electron chi connectivity index (χ4n) is 5.43. The first-order valence-corrected chi connectivity index (χ1v) is 20.7. The second-order valence-electron chi connectivity index (χ2n) is 12.5. The maximum absolute atomic E-state index is 13.4. The van der Waals surface area contributed by atoms with Crippen molar-refractivity contribution in [3.05, 3.63) is 138 Å². The highest BCUT2D eigenvalue weighted by molar-refractivity contribution is 7.91. The molecule has 0 saturated carbocycles. The smallest absolute Gasteiger partial charge is 0.334 e. The van der Waals surface area contributed by atoms with Crippen LogP contribution in [0, 0.1) is 6.92 Å². The SMILES string of the molecule is Cc1noc(C(=Cc2cccc(-c3cc(C(C)(C)S(C)(=O)=O)cc4ccc[n+](OS(=O)(=O)c5ccccc5)c34)c2)c2ccc(S(C)(=O)=O)cc2)n1. The van der Waals surface area contributed by atoms with Crippen molar-refractivity contribution in [2.24, 2.45) is 0 Å². The van der Waals surface area contributed by atoms with Crippen LogP contribution in [-0.4, -0.2) is 47.9 Å². The zero-order valence-electron chi connectivity index (χ0n) is 28.3. The molecule has 0 aliphatic carbocycles. The highest BCUT2D eigenvalue weighted by Crippen LogP contribution is 2.37. The minimum Gasteiger partial charge on any atom is -0.334 e. The number of rotatable bonds is 10. The second-order valence-corrected chi connectivity index (χ2v) is 18.7. The molecule has 14 heteroatoms. The van der Waals surface area contributed by atoms with E-state index in [0.29, 0.717) is 50.1 Å². The molecule has 0 amide bonds. The van der Waals surface area contributed by atoms with Crippen molar-refractivity contribution < 1.29 is 38.8 Å². The van der Waals surface area contributed by atoms with Crippen LogP contribution in [0.3, 0.4) is 0 Å². The van der Waals surface area contributed by atoms with Crippen molar-refractivity contribution in [2.45, 2.75) is 35.3 Å². The molecule has 0 spiro atoms. The predicted octanol–water partition coefficient (Wildman–Crippen LogP) is 5.58. The van der Waals surface area contributed by atoms with Gasteiger partial charge in [0.05, 0.1) is 20.6 Å². The molecule has 0 atom stereocenters. The maximum atomic E-state index is 13.4. The highest BCUT2D eigenvalue weighted by atomic mass is 32.2. The Bertz CT molecular complexity index is 2650. The third-order valence-electron chi connectivity index (χ3n) is 8.55. The maximum Gasteiger partial charge on any atom is 0.396 e. The van der Waals surface area contributed by atoms with E-state index in [4.69, 9.17) is 8.81 Å². The molecule has 2 aromatic heterocycles. The van der Waals surface area contributed by atoms with Crippen LogP contribution in [0.25, 0.3) is 33.7 Å².